The van der Waals surface area contributed by atoms with Gasteiger partial charge in [0.25, 0.3) is 0 Å². The van der Waals surface area contributed by atoms with Gasteiger partial charge in [-0.2, -0.15) is 0 Å². The second kappa shape index (κ2) is 7.99. The van der Waals surface area contributed by atoms with E-state index < -0.39 is 0 Å². The lowest BCUT2D eigenvalue weighted by atomic mass is 9.68. The maximum atomic E-state index is 5.76. The number of hydrogen-bond acceptors (Lipinski definition) is 1. The van der Waals surface area contributed by atoms with Crippen LogP contribution < -0.4 is 5.73 Å². The van der Waals surface area contributed by atoms with Gasteiger partial charge in [-0.1, -0.05) is 80.4 Å². The third-order valence-electron chi connectivity index (χ3n) is 4.27. The number of rotatable bonds is 8. The van der Waals surface area contributed by atoms with Crippen LogP contribution in [0.15, 0.2) is 60.7 Å². The Morgan fingerprint density at radius 2 is 1.43 bits per heavy atom. The molecule has 1 radical (unpaired) electrons. The highest BCUT2D eigenvalue weighted by atomic mass is 14.5. The van der Waals surface area contributed by atoms with Crippen molar-refractivity contribution in [3.8, 4) is 0 Å². The summed E-state index contributed by atoms with van der Waals surface area (Å²) >= 11 is 0. The molecule has 0 amide bonds. The molecule has 0 heterocycles. The Kier molecular flexibility index (Phi) is 6.01. The highest BCUT2D eigenvalue weighted by molar-refractivity contribution is 5.39. The normalized spacial score (nSPS) is 11.5. The molecule has 0 atom stereocenters. The molecule has 111 valence electrons. The molecule has 0 unspecified atom stereocenters. The Bertz CT molecular complexity index is 454. The van der Waals surface area contributed by atoms with Gasteiger partial charge in [0.15, 0.2) is 0 Å². The van der Waals surface area contributed by atoms with E-state index in [-0.39, 0.29) is 5.41 Å². The second-order valence-electron chi connectivity index (χ2n) is 5.65. The van der Waals surface area contributed by atoms with Crippen molar-refractivity contribution in [3.63, 3.8) is 0 Å². The van der Waals surface area contributed by atoms with Gasteiger partial charge in [-0.3, -0.25) is 0 Å². The molecule has 0 aliphatic heterocycles. The molecule has 0 aliphatic rings. The summed E-state index contributed by atoms with van der Waals surface area (Å²) in [6.45, 7) is 2.89. The average Bonchev–Trinajstić information content (AvgIpc) is 2.57. The highest BCUT2D eigenvalue weighted by Crippen LogP contribution is 2.40. The summed E-state index contributed by atoms with van der Waals surface area (Å²) in [4.78, 5) is 0. The lowest BCUT2D eigenvalue weighted by Gasteiger charge is -2.35. The third kappa shape index (κ3) is 3.74. The number of unbranched alkanes of at least 4 members (excludes halogenated alkanes) is 1. The van der Waals surface area contributed by atoms with Crippen molar-refractivity contribution in [2.24, 2.45) is 5.73 Å². The second-order valence-corrected chi connectivity index (χ2v) is 5.65. The summed E-state index contributed by atoms with van der Waals surface area (Å²) in [5.74, 6) is 0. The van der Waals surface area contributed by atoms with Crippen LogP contribution in [0.5, 0.6) is 0 Å². The molecule has 0 bridgehead atoms. The van der Waals surface area contributed by atoms with Crippen molar-refractivity contribution in [2.45, 2.75) is 38.0 Å². The predicted molar refractivity (Wildman–Crippen MR) is 91.2 cm³/mol. The first-order valence-corrected chi connectivity index (χ1v) is 7.96. The molecule has 2 rings (SSSR count). The van der Waals surface area contributed by atoms with Crippen LogP contribution in [0.3, 0.4) is 0 Å². The van der Waals surface area contributed by atoms with Gasteiger partial charge in [0, 0.05) is 5.41 Å². The predicted octanol–water partition coefficient (Wildman–Crippen LogP) is 4.72. The van der Waals surface area contributed by atoms with E-state index in [4.69, 9.17) is 5.73 Å². The summed E-state index contributed by atoms with van der Waals surface area (Å²) in [7, 11) is 0. The highest BCUT2D eigenvalue weighted by Gasteiger charge is 2.32. The lowest BCUT2D eigenvalue weighted by molar-refractivity contribution is 0.443. The van der Waals surface area contributed by atoms with Gasteiger partial charge >= 0.3 is 0 Å². The summed E-state index contributed by atoms with van der Waals surface area (Å²) in [6, 6.07) is 21.8. The Labute approximate surface area is 129 Å². The molecule has 21 heavy (non-hydrogen) atoms. The van der Waals surface area contributed by atoms with Crippen molar-refractivity contribution < 1.29 is 0 Å². The fourth-order valence-corrected chi connectivity index (χ4v) is 3.12. The summed E-state index contributed by atoms with van der Waals surface area (Å²) in [6.07, 6.45) is 6.81. The zero-order valence-corrected chi connectivity index (χ0v) is 13.0. The largest absolute Gasteiger partial charge is 0.330 e. The maximum absolute atomic E-state index is 5.76. The molecule has 2 aromatic carbocycles. The summed E-state index contributed by atoms with van der Waals surface area (Å²) in [5, 5.41) is 0. The molecule has 0 aromatic heterocycles. The van der Waals surface area contributed by atoms with Crippen molar-refractivity contribution in [3.05, 3.63) is 78.2 Å². The maximum Gasteiger partial charge on any atom is 0.0206 e. The third-order valence-corrected chi connectivity index (χ3v) is 4.27. The smallest absolute Gasteiger partial charge is 0.0206 e. The van der Waals surface area contributed by atoms with E-state index in [2.05, 4.69) is 74.0 Å². The minimum Gasteiger partial charge on any atom is -0.330 e. The topological polar surface area (TPSA) is 26.0 Å². The van der Waals surface area contributed by atoms with Crippen LogP contribution in [0.1, 0.15) is 43.7 Å². The molecular formula is C20H26N. The van der Waals surface area contributed by atoms with Crippen LogP contribution in [0, 0.1) is 6.42 Å². The molecular weight excluding hydrogens is 254 g/mol. The molecule has 1 nitrogen and oxygen atoms in total. The Morgan fingerprint density at radius 3 is 1.86 bits per heavy atom. The van der Waals surface area contributed by atoms with Crippen molar-refractivity contribution >= 4 is 0 Å². The molecule has 2 aromatic rings. The summed E-state index contributed by atoms with van der Waals surface area (Å²) < 4.78 is 0. The number of benzene rings is 2. The average molecular weight is 280 g/mol. The first kappa shape index (κ1) is 15.8. The molecule has 0 saturated carbocycles. The zero-order valence-electron chi connectivity index (χ0n) is 13.0. The zero-order chi connectivity index (χ0) is 15.0. The first-order chi connectivity index (χ1) is 10.3. The quantitative estimate of drug-likeness (QED) is 0.744. The monoisotopic (exact) mass is 280 g/mol. The fourth-order valence-electron chi connectivity index (χ4n) is 3.12. The van der Waals surface area contributed by atoms with Gasteiger partial charge < -0.3 is 5.73 Å². The van der Waals surface area contributed by atoms with Crippen LogP contribution in [0.25, 0.3) is 0 Å². The lowest BCUT2D eigenvalue weighted by Crippen LogP contribution is -2.29. The van der Waals surface area contributed by atoms with Gasteiger partial charge in [0.05, 0.1) is 0 Å². The molecule has 2 N–H and O–H groups in total. The number of nitrogens with two attached hydrogens (primary N) is 1. The van der Waals surface area contributed by atoms with Gasteiger partial charge in [-0.25, -0.2) is 0 Å². The van der Waals surface area contributed by atoms with E-state index in [0.717, 1.165) is 12.8 Å². The van der Waals surface area contributed by atoms with Gasteiger partial charge in [-0.15, -0.1) is 0 Å². The van der Waals surface area contributed by atoms with E-state index in [1.807, 2.05) is 0 Å². The van der Waals surface area contributed by atoms with E-state index in [1.54, 1.807) is 0 Å². The summed E-state index contributed by atoms with van der Waals surface area (Å²) in [5.41, 5.74) is 8.61. The van der Waals surface area contributed by atoms with E-state index in [0.29, 0.717) is 6.54 Å². The van der Waals surface area contributed by atoms with Crippen molar-refractivity contribution in [1.82, 2.24) is 0 Å². The molecule has 0 saturated heterocycles. The standard InChI is InChI=1S/C20H26N/c1-2-3-15-20(16-10-17-21,18-11-6-4-7-12-18)19-13-8-5-9-14-19/h4-14H,2-3,15-17,21H2,1H3. The fraction of sp³-hybridized carbons (Fsp3) is 0.350. The van der Waals surface area contributed by atoms with E-state index in [1.165, 1.54) is 24.0 Å². The first-order valence-electron chi connectivity index (χ1n) is 7.96. The molecule has 0 spiro atoms. The van der Waals surface area contributed by atoms with Gasteiger partial charge in [-0.05, 0) is 36.9 Å². The Hall–Kier alpha value is -1.60. The van der Waals surface area contributed by atoms with Gasteiger partial charge in [0.2, 0.25) is 0 Å². The SMILES string of the molecule is CCCCC(C[CH]CN)(c1ccccc1)c1ccccc1. The van der Waals surface area contributed by atoms with Crippen LogP contribution in [-0.2, 0) is 5.41 Å². The number of hydrogen-bond donors (Lipinski definition) is 1. The van der Waals surface area contributed by atoms with Crippen molar-refractivity contribution in [1.29, 1.82) is 0 Å². The Morgan fingerprint density at radius 1 is 0.905 bits per heavy atom. The van der Waals surface area contributed by atoms with Crippen molar-refractivity contribution in [2.75, 3.05) is 6.54 Å². The van der Waals surface area contributed by atoms with Gasteiger partial charge in [0.1, 0.15) is 0 Å². The molecule has 0 fully saturated rings. The molecule has 0 aliphatic carbocycles. The minimum absolute atomic E-state index is 0.0535. The van der Waals surface area contributed by atoms with Crippen LogP contribution >= 0.6 is 0 Å². The Balaban J connectivity index is 2.48. The van der Waals surface area contributed by atoms with E-state index >= 15 is 0 Å². The van der Waals surface area contributed by atoms with Crippen LogP contribution in [0.4, 0.5) is 0 Å². The minimum atomic E-state index is 0.0535. The van der Waals surface area contributed by atoms with Crippen LogP contribution in [0.2, 0.25) is 0 Å². The van der Waals surface area contributed by atoms with Crippen LogP contribution in [-0.4, -0.2) is 6.54 Å². The van der Waals surface area contributed by atoms with E-state index in [9.17, 15) is 0 Å². The molecule has 1 heteroatoms.